The van der Waals surface area contributed by atoms with Gasteiger partial charge in [-0.3, -0.25) is 4.79 Å². The van der Waals surface area contributed by atoms with Gasteiger partial charge in [0, 0.05) is 5.02 Å². The molecule has 0 aliphatic heterocycles. The predicted octanol–water partition coefficient (Wildman–Crippen LogP) is 6.48. The van der Waals surface area contributed by atoms with Crippen molar-refractivity contribution < 1.29 is 14.3 Å². The second-order valence-corrected chi connectivity index (χ2v) is 8.47. The van der Waals surface area contributed by atoms with E-state index < -0.39 is 0 Å². The topological polar surface area (TPSA) is 47.6 Å². The lowest BCUT2D eigenvalue weighted by Crippen LogP contribution is -2.16. The lowest BCUT2D eigenvalue weighted by atomic mass is 9.87. The van der Waals surface area contributed by atoms with E-state index in [1.165, 1.54) is 0 Å². The van der Waals surface area contributed by atoms with E-state index in [4.69, 9.17) is 21.1 Å². The zero-order valence-electron chi connectivity index (χ0n) is 17.7. The molecule has 0 aliphatic carbocycles. The van der Waals surface area contributed by atoms with Gasteiger partial charge in [-0.25, -0.2) is 0 Å². The molecule has 30 heavy (non-hydrogen) atoms. The van der Waals surface area contributed by atoms with Gasteiger partial charge in [-0.15, -0.1) is 0 Å². The average Bonchev–Trinajstić information content (AvgIpc) is 2.73. The Morgan fingerprint density at radius 3 is 2.33 bits per heavy atom. The molecule has 3 aromatic carbocycles. The van der Waals surface area contributed by atoms with Crippen LogP contribution in [0.15, 0.2) is 66.7 Å². The maximum atomic E-state index is 13.1. The van der Waals surface area contributed by atoms with Crippen LogP contribution in [-0.4, -0.2) is 13.0 Å². The number of para-hydroxylation sites is 1. The molecule has 3 aromatic rings. The van der Waals surface area contributed by atoms with Crippen molar-refractivity contribution in [2.24, 2.45) is 0 Å². The van der Waals surface area contributed by atoms with Crippen LogP contribution < -0.4 is 14.8 Å². The van der Waals surface area contributed by atoms with Crippen LogP contribution in [-0.2, 0) is 12.0 Å². The molecule has 0 spiro atoms. The first-order chi connectivity index (χ1) is 14.3. The number of carbonyl (C=O) groups is 1. The van der Waals surface area contributed by atoms with E-state index in [1.54, 1.807) is 19.2 Å². The summed E-state index contributed by atoms with van der Waals surface area (Å²) in [4.78, 5) is 13.1. The number of anilines is 1. The smallest absolute Gasteiger partial charge is 0.259 e. The number of amides is 1. The summed E-state index contributed by atoms with van der Waals surface area (Å²) in [5.74, 6) is 0.859. The molecule has 1 N–H and O–H groups in total. The van der Waals surface area contributed by atoms with E-state index in [2.05, 4.69) is 26.1 Å². The monoisotopic (exact) mass is 423 g/mol. The maximum Gasteiger partial charge on any atom is 0.259 e. The molecule has 0 bridgehead atoms. The molecule has 0 heterocycles. The summed E-state index contributed by atoms with van der Waals surface area (Å²) in [7, 11) is 1.59. The minimum Gasteiger partial charge on any atom is -0.495 e. The number of hydrogen-bond acceptors (Lipinski definition) is 3. The van der Waals surface area contributed by atoms with Gasteiger partial charge in [0.05, 0.1) is 18.4 Å². The van der Waals surface area contributed by atoms with Crippen LogP contribution in [0.2, 0.25) is 5.02 Å². The van der Waals surface area contributed by atoms with Crippen molar-refractivity contribution in [1.82, 2.24) is 0 Å². The van der Waals surface area contributed by atoms with Crippen LogP contribution >= 0.6 is 11.6 Å². The van der Waals surface area contributed by atoms with Crippen LogP contribution in [0, 0.1) is 0 Å². The highest BCUT2D eigenvalue weighted by atomic mass is 35.5. The Hall–Kier alpha value is -2.98. The third-order valence-corrected chi connectivity index (χ3v) is 5.00. The third kappa shape index (κ3) is 5.33. The molecule has 0 unspecified atom stereocenters. The molecule has 0 atom stereocenters. The van der Waals surface area contributed by atoms with Gasteiger partial charge in [0.1, 0.15) is 18.1 Å². The number of methoxy groups -OCH3 is 1. The van der Waals surface area contributed by atoms with Gasteiger partial charge in [0.2, 0.25) is 0 Å². The lowest BCUT2D eigenvalue weighted by molar-refractivity contribution is 0.102. The average molecular weight is 424 g/mol. The summed E-state index contributed by atoms with van der Waals surface area (Å²) in [6.07, 6.45) is 0. The highest BCUT2D eigenvalue weighted by molar-refractivity contribution is 6.30. The van der Waals surface area contributed by atoms with Crippen molar-refractivity contribution in [1.29, 1.82) is 0 Å². The summed E-state index contributed by atoms with van der Waals surface area (Å²) in [6.45, 7) is 6.71. The number of ether oxygens (including phenoxy) is 2. The molecule has 156 valence electrons. The van der Waals surface area contributed by atoms with E-state index >= 15 is 0 Å². The van der Waals surface area contributed by atoms with E-state index in [1.807, 2.05) is 54.6 Å². The van der Waals surface area contributed by atoms with Crippen LogP contribution in [0.4, 0.5) is 5.69 Å². The van der Waals surface area contributed by atoms with Gasteiger partial charge in [-0.1, -0.05) is 62.7 Å². The fourth-order valence-corrected chi connectivity index (χ4v) is 3.11. The number of halogens is 1. The molecule has 3 rings (SSSR count). The minimum atomic E-state index is -0.258. The Kier molecular flexibility index (Phi) is 6.68. The van der Waals surface area contributed by atoms with E-state index in [0.29, 0.717) is 34.4 Å². The highest BCUT2D eigenvalue weighted by Gasteiger charge is 2.19. The van der Waals surface area contributed by atoms with E-state index in [-0.39, 0.29) is 11.3 Å². The van der Waals surface area contributed by atoms with Gasteiger partial charge in [0.15, 0.2) is 0 Å². The van der Waals surface area contributed by atoms with Crippen molar-refractivity contribution >= 4 is 23.2 Å². The van der Waals surface area contributed by atoms with Crippen molar-refractivity contribution in [3.8, 4) is 11.5 Å². The van der Waals surface area contributed by atoms with Crippen molar-refractivity contribution in [3.05, 3.63) is 88.4 Å². The van der Waals surface area contributed by atoms with Crippen LogP contribution in [0.25, 0.3) is 0 Å². The van der Waals surface area contributed by atoms with Gasteiger partial charge in [-0.05, 0) is 52.9 Å². The van der Waals surface area contributed by atoms with E-state index in [0.717, 1.165) is 11.1 Å². The Labute approximate surface area is 182 Å². The Morgan fingerprint density at radius 2 is 1.67 bits per heavy atom. The molecular formula is C25H26ClNO3. The molecule has 4 nitrogen and oxygen atoms in total. The van der Waals surface area contributed by atoms with Gasteiger partial charge < -0.3 is 14.8 Å². The molecular weight excluding hydrogens is 398 g/mol. The molecule has 0 saturated heterocycles. The van der Waals surface area contributed by atoms with Crippen LogP contribution in [0.1, 0.15) is 42.3 Å². The van der Waals surface area contributed by atoms with Gasteiger partial charge >= 0.3 is 0 Å². The van der Waals surface area contributed by atoms with Crippen molar-refractivity contribution in [2.45, 2.75) is 32.8 Å². The largest absolute Gasteiger partial charge is 0.495 e. The van der Waals surface area contributed by atoms with Gasteiger partial charge in [-0.2, -0.15) is 0 Å². The number of benzene rings is 3. The van der Waals surface area contributed by atoms with Crippen molar-refractivity contribution in [2.75, 3.05) is 12.4 Å². The lowest BCUT2D eigenvalue weighted by Gasteiger charge is -2.21. The predicted molar refractivity (Wildman–Crippen MR) is 122 cm³/mol. The molecule has 0 aliphatic rings. The summed E-state index contributed by atoms with van der Waals surface area (Å²) in [6, 6.07) is 20.4. The molecule has 0 saturated carbocycles. The summed E-state index contributed by atoms with van der Waals surface area (Å²) < 4.78 is 11.4. The molecule has 0 aromatic heterocycles. The normalized spacial score (nSPS) is 11.1. The maximum absolute atomic E-state index is 13.1. The number of hydrogen-bond donors (Lipinski definition) is 1. The molecule has 1 amide bonds. The Morgan fingerprint density at radius 1 is 0.967 bits per heavy atom. The number of nitrogens with one attached hydrogen (secondary N) is 1. The second-order valence-electron chi connectivity index (χ2n) is 8.03. The zero-order valence-corrected chi connectivity index (χ0v) is 18.4. The quantitative estimate of drug-likeness (QED) is 0.493. The summed E-state index contributed by atoms with van der Waals surface area (Å²) in [5, 5.41) is 3.65. The molecule has 5 heteroatoms. The summed E-state index contributed by atoms with van der Waals surface area (Å²) >= 11 is 5.93. The standard InChI is InChI=1S/C25H26ClNO3/c1-25(2,3)18-11-14-23(29-4)21(15-18)27-24(28)20-7-5-6-8-22(20)30-16-17-9-12-19(26)13-10-17/h5-15H,16H2,1-4H3,(H,27,28). The fourth-order valence-electron chi connectivity index (χ4n) is 2.98. The third-order valence-electron chi connectivity index (χ3n) is 4.75. The Balaban J connectivity index is 1.81. The zero-order chi connectivity index (χ0) is 21.7. The minimum absolute atomic E-state index is 0.0503. The van der Waals surface area contributed by atoms with Crippen LogP contribution in [0.3, 0.4) is 0 Å². The molecule has 0 fully saturated rings. The van der Waals surface area contributed by atoms with Gasteiger partial charge in [0.25, 0.3) is 5.91 Å². The second kappa shape index (κ2) is 9.23. The van der Waals surface area contributed by atoms with E-state index in [9.17, 15) is 4.79 Å². The number of carbonyl (C=O) groups excluding carboxylic acids is 1. The number of rotatable bonds is 6. The SMILES string of the molecule is COc1ccc(C(C)(C)C)cc1NC(=O)c1ccccc1OCc1ccc(Cl)cc1. The fraction of sp³-hybridized carbons (Fsp3) is 0.240. The first kappa shape index (κ1) is 21.7. The first-order valence-corrected chi connectivity index (χ1v) is 10.1. The van der Waals surface area contributed by atoms with Crippen LogP contribution in [0.5, 0.6) is 11.5 Å². The Bertz CT molecular complexity index is 1020. The first-order valence-electron chi connectivity index (χ1n) is 9.74. The van der Waals surface area contributed by atoms with Crippen molar-refractivity contribution in [3.63, 3.8) is 0 Å². The summed E-state index contributed by atoms with van der Waals surface area (Å²) in [5.41, 5.74) is 3.10. The highest BCUT2D eigenvalue weighted by Crippen LogP contribution is 2.32. The molecule has 0 radical (unpaired) electrons.